The zero-order valence-electron chi connectivity index (χ0n) is 20.7. The van der Waals surface area contributed by atoms with E-state index in [9.17, 15) is 19.2 Å². The number of fused-ring (bicyclic) bond motifs is 1. The van der Waals surface area contributed by atoms with Crippen LogP contribution in [0.15, 0.2) is 47.3 Å². The number of hydrogen-bond acceptors (Lipinski definition) is 5. The van der Waals surface area contributed by atoms with Crippen molar-refractivity contribution in [3.63, 3.8) is 0 Å². The van der Waals surface area contributed by atoms with Gasteiger partial charge in [0.2, 0.25) is 5.91 Å². The molecule has 0 fully saturated rings. The van der Waals surface area contributed by atoms with Crippen LogP contribution in [0, 0.1) is 11.8 Å². The summed E-state index contributed by atoms with van der Waals surface area (Å²) in [7, 11) is 1.55. The molecule has 184 valence electrons. The van der Waals surface area contributed by atoms with Crippen molar-refractivity contribution in [3.8, 4) is 5.75 Å². The number of ether oxygens (including phenoxy) is 1. The molecule has 0 N–H and O–H groups in total. The molecule has 2 aromatic carbocycles. The first-order valence-corrected chi connectivity index (χ1v) is 11.9. The number of pyridine rings is 1. The van der Waals surface area contributed by atoms with Gasteiger partial charge in [-0.15, -0.1) is 0 Å². The van der Waals surface area contributed by atoms with Gasteiger partial charge in [-0.25, -0.2) is 4.90 Å². The summed E-state index contributed by atoms with van der Waals surface area (Å²) in [5, 5.41) is 0.918. The van der Waals surface area contributed by atoms with Crippen LogP contribution in [-0.2, 0) is 23.1 Å². The molecule has 0 bridgehead atoms. The number of esters is 1. The Bertz CT molecular complexity index is 1360. The maximum atomic E-state index is 14.0. The summed E-state index contributed by atoms with van der Waals surface area (Å²) in [5.41, 5.74) is 0.527. The highest BCUT2D eigenvalue weighted by Gasteiger charge is 2.34. The standard InChI is InChI=1S/C27H29ClN2O5/c1-7-17-9-8-10-20-21(17)23(35-27(34)16(4)5)22(25(32)29(20)6)26(33)30(24(31)15(2)3)19-13-11-18(28)12-14-19/h8-16H,7H2,1-6H3. The summed E-state index contributed by atoms with van der Waals surface area (Å²) in [5.74, 6) is -3.15. The number of nitrogens with zero attached hydrogens (tertiary/aromatic N) is 2. The van der Waals surface area contributed by atoms with Crippen molar-refractivity contribution < 1.29 is 19.1 Å². The van der Waals surface area contributed by atoms with Crippen LogP contribution in [0.25, 0.3) is 10.9 Å². The lowest BCUT2D eigenvalue weighted by atomic mass is 10.0. The Morgan fingerprint density at radius 3 is 2.17 bits per heavy atom. The predicted octanol–water partition coefficient (Wildman–Crippen LogP) is 5.15. The van der Waals surface area contributed by atoms with Crippen molar-refractivity contribution in [2.24, 2.45) is 18.9 Å². The van der Waals surface area contributed by atoms with Gasteiger partial charge >= 0.3 is 5.97 Å². The van der Waals surface area contributed by atoms with Gasteiger partial charge in [-0.2, -0.15) is 0 Å². The summed E-state index contributed by atoms with van der Waals surface area (Å²) >= 11 is 6.01. The Hall–Kier alpha value is -3.45. The van der Waals surface area contributed by atoms with Gasteiger partial charge in [0.1, 0.15) is 5.56 Å². The Kier molecular flexibility index (Phi) is 7.80. The van der Waals surface area contributed by atoms with Crippen LogP contribution in [0.3, 0.4) is 0 Å². The van der Waals surface area contributed by atoms with E-state index in [1.807, 2.05) is 13.0 Å². The molecule has 0 aliphatic heterocycles. The molecular weight excluding hydrogens is 468 g/mol. The molecule has 2 amide bonds. The van der Waals surface area contributed by atoms with Crippen LogP contribution in [0.1, 0.15) is 50.5 Å². The van der Waals surface area contributed by atoms with Gasteiger partial charge in [0, 0.05) is 23.4 Å². The van der Waals surface area contributed by atoms with Crippen molar-refractivity contribution in [1.82, 2.24) is 4.57 Å². The van der Waals surface area contributed by atoms with Crippen LogP contribution < -0.4 is 15.2 Å². The number of halogens is 1. The van der Waals surface area contributed by atoms with E-state index in [-0.39, 0.29) is 17.0 Å². The number of amides is 2. The molecule has 0 atom stereocenters. The molecule has 0 aliphatic rings. The number of carbonyl (C=O) groups excluding carboxylic acids is 3. The van der Waals surface area contributed by atoms with Gasteiger partial charge in [0.05, 0.1) is 17.1 Å². The summed E-state index contributed by atoms with van der Waals surface area (Å²) < 4.78 is 7.07. The van der Waals surface area contributed by atoms with Crippen molar-refractivity contribution in [1.29, 1.82) is 0 Å². The number of aryl methyl sites for hydroxylation is 2. The van der Waals surface area contributed by atoms with E-state index in [4.69, 9.17) is 16.3 Å². The van der Waals surface area contributed by atoms with Crippen molar-refractivity contribution >= 4 is 46.0 Å². The number of carbonyl (C=O) groups is 3. The van der Waals surface area contributed by atoms with E-state index < -0.39 is 35.2 Å². The fourth-order valence-corrected chi connectivity index (χ4v) is 3.86. The van der Waals surface area contributed by atoms with E-state index in [2.05, 4.69) is 0 Å². The second-order valence-corrected chi connectivity index (χ2v) is 9.36. The zero-order chi connectivity index (χ0) is 26.0. The first-order chi connectivity index (χ1) is 16.5. The molecule has 7 nitrogen and oxygen atoms in total. The summed E-state index contributed by atoms with van der Waals surface area (Å²) in [4.78, 5) is 54.5. The van der Waals surface area contributed by atoms with Crippen LogP contribution in [0.4, 0.5) is 5.69 Å². The van der Waals surface area contributed by atoms with Crippen molar-refractivity contribution in [2.45, 2.75) is 41.0 Å². The second-order valence-electron chi connectivity index (χ2n) is 8.92. The van der Waals surface area contributed by atoms with Gasteiger partial charge in [-0.1, -0.05) is 58.4 Å². The average molecular weight is 497 g/mol. The minimum absolute atomic E-state index is 0.125. The Morgan fingerprint density at radius 2 is 1.63 bits per heavy atom. The number of hydrogen-bond donors (Lipinski definition) is 0. The minimum Gasteiger partial charge on any atom is -0.425 e. The van der Waals surface area contributed by atoms with Crippen LogP contribution >= 0.6 is 11.6 Å². The van der Waals surface area contributed by atoms with Crippen LogP contribution in [0.2, 0.25) is 5.02 Å². The lowest BCUT2D eigenvalue weighted by molar-refractivity contribution is -0.137. The fraction of sp³-hybridized carbons (Fsp3) is 0.333. The normalized spacial score (nSPS) is 11.2. The van der Waals surface area contributed by atoms with E-state index in [0.717, 1.165) is 10.5 Å². The second kappa shape index (κ2) is 10.4. The Balaban J connectivity index is 2.41. The maximum absolute atomic E-state index is 14.0. The molecule has 35 heavy (non-hydrogen) atoms. The number of benzene rings is 2. The van der Waals surface area contributed by atoms with Crippen molar-refractivity contribution in [2.75, 3.05) is 4.90 Å². The molecule has 0 spiro atoms. The molecule has 3 rings (SSSR count). The third-order valence-electron chi connectivity index (χ3n) is 5.73. The van der Waals surface area contributed by atoms with Crippen LogP contribution in [-0.4, -0.2) is 22.4 Å². The Morgan fingerprint density at radius 1 is 1.00 bits per heavy atom. The number of aromatic nitrogens is 1. The quantitative estimate of drug-likeness (QED) is 0.441. The maximum Gasteiger partial charge on any atom is 0.313 e. The molecule has 0 saturated heterocycles. The van der Waals surface area contributed by atoms with Gasteiger partial charge in [-0.05, 0) is 42.3 Å². The third-order valence-corrected chi connectivity index (χ3v) is 5.99. The molecule has 3 aromatic rings. The monoisotopic (exact) mass is 496 g/mol. The van der Waals surface area contributed by atoms with E-state index in [1.54, 1.807) is 59.0 Å². The number of anilines is 1. The first-order valence-electron chi connectivity index (χ1n) is 11.5. The highest BCUT2D eigenvalue weighted by molar-refractivity contribution is 6.31. The van der Waals surface area contributed by atoms with E-state index >= 15 is 0 Å². The fourth-order valence-electron chi connectivity index (χ4n) is 3.74. The number of imide groups is 1. The van der Waals surface area contributed by atoms with Crippen molar-refractivity contribution in [3.05, 3.63) is 69.0 Å². The lowest BCUT2D eigenvalue weighted by Crippen LogP contribution is -2.43. The van der Waals surface area contributed by atoms with Gasteiger partial charge in [-0.3, -0.25) is 19.2 Å². The number of rotatable bonds is 6. The molecule has 0 unspecified atom stereocenters. The molecule has 1 aromatic heterocycles. The predicted molar refractivity (Wildman–Crippen MR) is 137 cm³/mol. The smallest absolute Gasteiger partial charge is 0.313 e. The third kappa shape index (κ3) is 5.00. The van der Waals surface area contributed by atoms with Gasteiger partial charge in [0.25, 0.3) is 11.5 Å². The van der Waals surface area contributed by atoms with E-state index in [0.29, 0.717) is 22.3 Å². The minimum atomic E-state index is -0.869. The van der Waals surface area contributed by atoms with E-state index in [1.165, 1.54) is 16.7 Å². The summed E-state index contributed by atoms with van der Waals surface area (Å²) in [6.45, 7) is 8.57. The first kappa shape index (κ1) is 26.2. The molecule has 1 heterocycles. The summed E-state index contributed by atoms with van der Waals surface area (Å²) in [6, 6.07) is 11.6. The molecule has 0 aliphatic carbocycles. The topological polar surface area (TPSA) is 85.7 Å². The average Bonchev–Trinajstić information content (AvgIpc) is 2.82. The van der Waals surface area contributed by atoms with Gasteiger partial charge < -0.3 is 9.30 Å². The highest BCUT2D eigenvalue weighted by atomic mass is 35.5. The molecule has 0 radical (unpaired) electrons. The van der Waals surface area contributed by atoms with Crippen LogP contribution in [0.5, 0.6) is 5.75 Å². The largest absolute Gasteiger partial charge is 0.425 e. The lowest BCUT2D eigenvalue weighted by Gasteiger charge is -2.25. The summed E-state index contributed by atoms with van der Waals surface area (Å²) in [6.07, 6.45) is 0.571. The Labute approximate surface area is 209 Å². The van der Waals surface area contributed by atoms with Gasteiger partial charge in [0.15, 0.2) is 5.75 Å². The highest BCUT2D eigenvalue weighted by Crippen LogP contribution is 2.33. The molecule has 8 heteroatoms. The molecule has 0 saturated carbocycles. The molecular formula is C27H29ClN2O5. The zero-order valence-corrected chi connectivity index (χ0v) is 21.5. The SMILES string of the molecule is CCc1cccc2c1c(OC(=O)C(C)C)c(C(=O)N(C(=O)C(C)C)c1ccc(Cl)cc1)c(=O)n2C.